The second-order valence-electron chi connectivity index (χ2n) is 5.37. The third kappa shape index (κ3) is 3.65. The number of amides is 1. The van der Waals surface area contributed by atoms with Gasteiger partial charge in [-0.1, -0.05) is 36.6 Å². The van der Waals surface area contributed by atoms with Crippen LogP contribution in [0.25, 0.3) is 0 Å². The second kappa shape index (κ2) is 7.20. The summed E-state index contributed by atoms with van der Waals surface area (Å²) < 4.78 is 1.95. The van der Waals surface area contributed by atoms with E-state index in [1.165, 1.54) is 24.6 Å². The Kier molecular flexibility index (Phi) is 5.05. The highest BCUT2D eigenvalue weighted by molar-refractivity contribution is 8.00. The Morgan fingerprint density at radius 2 is 2.09 bits per heavy atom. The summed E-state index contributed by atoms with van der Waals surface area (Å²) in [5.41, 5.74) is 0. The fourth-order valence-electron chi connectivity index (χ4n) is 2.74. The van der Waals surface area contributed by atoms with E-state index in [4.69, 9.17) is 11.6 Å². The van der Waals surface area contributed by atoms with Crippen molar-refractivity contribution in [3.05, 3.63) is 41.6 Å². The van der Waals surface area contributed by atoms with E-state index in [1.807, 2.05) is 35.0 Å². The lowest BCUT2D eigenvalue weighted by Gasteiger charge is -2.14. The van der Waals surface area contributed by atoms with Crippen LogP contribution in [-0.2, 0) is 4.79 Å². The second-order valence-corrected chi connectivity index (χ2v) is 6.79. The third-order valence-electron chi connectivity index (χ3n) is 3.80. The predicted molar refractivity (Wildman–Crippen MR) is 90.5 cm³/mol. The third-order valence-corrected chi connectivity index (χ3v) is 5.32. The van der Waals surface area contributed by atoms with Gasteiger partial charge in [0.25, 0.3) is 0 Å². The van der Waals surface area contributed by atoms with Crippen LogP contribution in [-0.4, -0.2) is 21.4 Å². The van der Waals surface area contributed by atoms with Crippen LogP contribution in [0.2, 0.25) is 5.02 Å². The zero-order valence-corrected chi connectivity index (χ0v) is 13.7. The molecule has 1 aliphatic carbocycles. The zero-order valence-electron chi connectivity index (χ0n) is 12.2. The van der Waals surface area contributed by atoms with Gasteiger partial charge in [0.05, 0.1) is 23.0 Å². The Morgan fingerprint density at radius 1 is 1.32 bits per heavy atom. The molecule has 0 unspecified atom stereocenters. The number of benzene rings is 1. The molecule has 6 heteroatoms. The molecule has 0 spiro atoms. The Balaban J connectivity index is 1.58. The highest BCUT2D eigenvalue weighted by Crippen LogP contribution is 2.31. The standard InChI is InChI=1S/C16H18ClN3OS/c17-13-7-3-4-8-14(13)22-11-16(21)19-15-9-10-18-20(15)12-5-1-2-6-12/h3-4,7-10,12H,1-2,5-6,11H2,(H,19,21). The number of carbonyl (C=O) groups excluding carboxylic acids is 1. The van der Waals surface area contributed by atoms with Gasteiger partial charge in [-0.3, -0.25) is 4.79 Å². The number of nitrogens with one attached hydrogen (secondary N) is 1. The first-order valence-electron chi connectivity index (χ1n) is 7.45. The molecule has 1 N–H and O–H groups in total. The van der Waals surface area contributed by atoms with Crippen LogP contribution >= 0.6 is 23.4 Å². The van der Waals surface area contributed by atoms with Crippen LogP contribution in [0, 0.1) is 0 Å². The number of nitrogens with zero attached hydrogens (tertiary/aromatic N) is 2. The number of thioether (sulfide) groups is 1. The molecule has 22 heavy (non-hydrogen) atoms. The van der Waals surface area contributed by atoms with Crippen molar-refractivity contribution in [1.82, 2.24) is 9.78 Å². The molecule has 4 nitrogen and oxygen atoms in total. The smallest absolute Gasteiger partial charge is 0.235 e. The van der Waals surface area contributed by atoms with E-state index in [0.717, 1.165) is 23.6 Å². The molecule has 2 aromatic rings. The molecule has 0 atom stereocenters. The molecule has 0 saturated heterocycles. The van der Waals surface area contributed by atoms with Crippen molar-refractivity contribution in [1.29, 1.82) is 0 Å². The van der Waals surface area contributed by atoms with Gasteiger partial charge in [0.1, 0.15) is 5.82 Å². The fraction of sp³-hybridized carbons (Fsp3) is 0.375. The van der Waals surface area contributed by atoms with Crippen LogP contribution in [0.15, 0.2) is 41.4 Å². The van der Waals surface area contributed by atoms with Gasteiger partial charge in [-0.25, -0.2) is 4.68 Å². The summed E-state index contributed by atoms with van der Waals surface area (Å²) in [6.07, 6.45) is 6.49. The molecule has 116 valence electrons. The Labute approximate surface area is 139 Å². The summed E-state index contributed by atoms with van der Waals surface area (Å²) in [5, 5.41) is 7.99. The Bertz CT molecular complexity index is 652. The van der Waals surface area contributed by atoms with Crippen LogP contribution in [0.4, 0.5) is 5.82 Å². The lowest BCUT2D eigenvalue weighted by molar-refractivity contribution is -0.113. The molecule has 0 radical (unpaired) electrons. The van der Waals surface area contributed by atoms with Gasteiger partial charge >= 0.3 is 0 Å². The van der Waals surface area contributed by atoms with E-state index in [9.17, 15) is 4.79 Å². The first-order chi connectivity index (χ1) is 10.7. The summed E-state index contributed by atoms with van der Waals surface area (Å²) in [5.74, 6) is 1.08. The number of hydrogen-bond donors (Lipinski definition) is 1. The molecule has 1 heterocycles. The molecular weight excluding hydrogens is 318 g/mol. The molecule has 1 aromatic heterocycles. The first kappa shape index (κ1) is 15.4. The highest BCUT2D eigenvalue weighted by Gasteiger charge is 2.20. The largest absolute Gasteiger partial charge is 0.310 e. The minimum Gasteiger partial charge on any atom is -0.310 e. The van der Waals surface area contributed by atoms with Gasteiger partial charge in [0, 0.05) is 11.0 Å². The van der Waals surface area contributed by atoms with Crippen molar-refractivity contribution in [3.63, 3.8) is 0 Å². The van der Waals surface area contributed by atoms with Crippen molar-refractivity contribution in [2.24, 2.45) is 0 Å². The maximum atomic E-state index is 12.1. The Morgan fingerprint density at radius 3 is 2.86 bits per heavy atom. The van der Waals surface area contributed by atoms with Gasteiger partial charge in [-0.15, -0.1) is 11.8 Å². The maximum Gasteiger partial charge on any atom is 0.235 e. The SMILES string of the molecule is O=C(CSc1ccccc1Cl)Nc1ccnn1C1CCCC1. The van der Waals surface area contributed by atoms with Crippen LogP contribution in [0.1, 0.15) is 31.7 Å². The van der Waals surface area contributed by atoms with E-state index in [1.54, 1.807) is 6.20 Å². The number of rotatable bonds is 5. The van der Waals surface area contributed by atoms with Gasteiger partial charge in [0.2, 0.25) is 5.91 Å². The van der Waals surface area contributed by atoms with Crippen molar-refractivity contribution in [3.8, 4) is 0 Å². The maximum absolute atomic E-state index is 12.1. The molecular formula is C16H18ClN3OS. The van der Waals surface area contributed by atoms with E-state index >= 15 is 0 Å². The number of hydrogen-bond acceptors (Lipinski definition) is 3. The summed E-state index contributed by atoms with van der Waals surface area (Å²) in [6.45, 7) is 0. The fourth-order valence-corrected chi connectivity index (χ4v) is 3.78. The molecule has 1 aliphatic rings. The van der Waals surface area contributed by atoms with Gasteiger partial charge < -0.3 is 5.32 Å². The highest BCUT2D eigenvalue weighted by atomic mass is 35.5. The normalized spacial score (nSPS) is 15.1. The first-order valence-corrected chi connectivity index (χ1v) is 8.81. The van der Waals surface area contributed by atoms with Crippen LogP contribution in [0.3, 0.4) is 0 Å². The zero-order chi connectivity index (χ0) is 15.4. The van der Waals surface area contributed by atoms with Gasteiger partial charge in [-0.2, -0.15) is 5.10 Å². The topological polar surface area (TPSA) is 46.9 Å². The number of carbonyl (C=O) groups is 1. The number of anilines is 1. The quantitative estimate of drug-likeness (QED) is 0.825. The van der Waals surface area contributed by atoms with Crippen molar-refractivity contribution < 1.29 is 4.79 Å². The molecule has 1 aromatic carbocycles. The summed E-state index contributed by atoms with van der Waals surface area (Å²) in [7, 11) is 0. The Hall–Kier alpha value is -1.46. The monoisotopic (exact) mass is 335 g/mol. The van der Waals surface area contributed by atoms with Crippen LogP contribution < -0.4 is 5.32 Å². The average Bonchev–Trinajstić information content (AvgIpc) is 3.17. The summed E-state index contributed by atoms with van der Waals surface area (Å²) in [4.78, 5) is 13.1. The molecule has 1 saturated carbocycles. The molecule has 3 rings (SSSR count). The van der Waals surface area contributed by atoms with Gasteiger partial charge in [0.15, 0.2) is 0 Å². The lowest BCUT2D eigenvalue weighted by atomic mass is 10.2. The summed E-state index contributed by atoms with van der Waals surface area (Å²) >= 11 is 7.54. The summed E-state index contributed by atoms with van der Waals surface area (Å²) in [6, 6.07) is 9.83. The molecule has 1 fully saturated rings. The molecule has 0 aliphatic heterocycles. The van der Waals surface area contributed by atoms with Crippen LogP contribution in [0.5, 0.6) is 0 Å². The lowest BCUT2D eigenvalue weighted by Crippen LogP contribution is -2.19. The van der Waals surface area contributed by atoms with E-state index in [0.29, 0.717) is 16.8 Å². The molecule has 0 bridgehead atoms. The van der Waals surface area contributed by atoms with Gasteiger partial charge in [-0.05, 0) is 25.0 Å². The van der Waals surface area contributed by atoms with E-state index in [2.05, 4.69) is 10.4 Å². The predicted octanol–water partition coefficient (Wildman–Crippen LogP) is 4.38. The minimum absolute atomic E-state index is 0.0373. The van der Waals surface area contributed by atoms with E-state index < -0.39 is 0 Å². The number of aromatic nitrogens is 2. The van der Waals surface area contributed by atoms with Crippen molar-refractivity contribution in [2.45, 2.75) is 36.6 Å². The molecule has 1 amide bonds. The minimum atomic E-state index is -0.0373. The number of halogens is 1. The average molecular weight is 336 g/mol. The van der Waals surface area contributed by atoms with E-state index in [-0.39, 0.29) is 5.91 Å². The van der Waals surface area contributed by atoms with Crippen molar-refractivity contribution >= 4 is 35.1 Å². The van der Waals surface area contributed by atoms with Crippen molar-refractivity contribution in [2.75, 3.05) is 11.1 Å².